The number of hydrogen-bond donors (Lipinski definition) is 3. The van der Waals surface area contributed by atoms with Crippen LogP contribution in [0, 0.1) is 0 Å². The molecule has 0 aliphatic heterocycles. The fraction of sp³-hybridized carbons (Fsp3) is 0.214. The summed E-state index contributed by atoms with van der Waals surface area (Å²) in [6.45, 7) is 0.157. The largest absolute Gasteiger partial charge is 0.506 e. The van der Waals surface area contributed by atoms with Gasteiger partial charge in [-0.25, -0.2) is 13.9 Å². The third-order valence-corrected chi connectivity index (χ3v) is 2.85. The Morgan fingerprint density at radius 1 is 1.36 bits per heavy atom. The highest BCUT2D eigenvalue weighted by molar-refractivity contribution is 5.92. The van der Waals surface area contributed by atoms with E-state index in [2.05, 4.69) is 15.4 Å². The van der Waals surface area contributed by atoms with Gasteiger partial charge in [0.05, 0.1) is 19.8 Å². The number of rotatable bonds is 4. The highest BCUT2D eigenvalue weighted by Gasteiger charge is 2.11. The minimum Gasteiger partial charge on any atom is -0.506 e. The Morgan fingerprint density at radius 3 is 2.73 bits per heavy atom. The highest BCUT2D eigenvalue weighted by Crippen LogP contribution is 2.26. The molecule has 0 spiro atoms. The molecule has 0 aliphatic rings. The van der Waals surface area contributed by atoms with Crippen LogP contribution in [0.4, 0.5) is 16.2 Å². The second-order valence-electron chi connectivity index (χ2n) is 4.65. The summed E-state index contributed by atoms with van der Waals surface area (Å²) in [5.74, 6) is -0.403. The van der Waals surface area contributed by atoms with Gasteiger partial charge in [0.25, 0.3) is 5.91 Å². The Labute approximate surface area is 126 Å². The molecule has 1 aromatic heterocycles. The van der Waals surface area contributed by atoms with Gasteiger partial charge in [0.2, 0.25) is 6.33 Å². The van der Waals surface area contributed by atoms with Crippen molar-refractivity contribution in [3.05, 3.63) is 36.9 Å². The molecular formula is C14H17N4O4+. The second kappa shape index (κ2) is 6.61. The zero-order chi connectivity index (χ0) is 16.1. The zero-order valence-corrected chi connectivity index (χ0v) is 12.2. The molecular weight excluding hydrogens is 288 g/mol. The first-order valence-corrected chi connectivity index (χ1v) is 6.47. The lowest BCUT2D eigenvalue weighted by molar-refractivity contribution is -0.671. The van der Waals surface area contributed by atoms with E-state index in [4.69, 9.17) is 0 Å². The molecule has 0 aliphatic carbocycles. The van der Waals surface area contributed by atoms with Crippen molar-refractivity contribution in [3.63, 3.8) is 0 Å². The van der Waals surface area contributed by atoms with E-state index in [9.17, 15) is 14.7 Å². The van der Waals surface area contributed by atoms with Crippen molar-refractivity contribution in [1.82, 2.24) is 4.57 Å². The molecule has 8 heteroatoms. The van der Waals surface area contributed by atoms with Gasteiger partial charge in [-0.15, -0.1) is 0 Å². The summed E-state index contributed by atoms with van der Waals surface area (Å²) in [4.78, 5) is 23.0. The van der Waals surface area contributed by atoms with Crippen molar-refractivity contribution >= 4 is 23.4 Å². The molecule has 22 heavy (non-hydrogen) atoms. The molecule has 0 bridgehead atoms. The van der Waals surface area contributed by atoms with Gasteiger partial charge in [-0.1, -0.05) is 0 Å². The lowest BCUT2D eigenvalue weighted by Gasteiger charge is -2.09. The van der Waals surface area contributed by atoms with E-state index in [1.807, 2.05) is 17.8 Å². The number of aromatic nitrogens is 2. The van der Waals surface area contributed by atoms with Crippen LogP contribution in [-0.2, 0) is 23.1 Å². The third kappa shape index (κ3) is 3.98. The van der Waals surface area contributed by atoms with Crippen molar-refractivity contribution < 1.29 is 24.0 Å². The molecule has 8 nitrogen and oxygen atoms in total. The summed E-state index contributed by atoms with van der Waals surface area (Å²) in [6, 6.07) is 4.38. The Hall–Kier alpha value is -3.03. The lowest BCUT2D eigenvalue weighted by atomic mass is 10.2. The van der Waals surface area contributed by atoms with E-state index >= 15 is 0 Å². The van der Waals surface area contributed by atoms with Gasteiger partial charge in [-0.05, 0) is 12.1 Å². The van der Waals surface area contributed by atoms with E-state index in [0.717, 1.165) is 0 Å². The first kappa shape index (κ1) is 15.4. The van der Waals surface area contributed by atoms with Crippen LogP contribution >= 0.6 is 0 Å². The van der Waals surface area contributed by atoms with Gasteiger partial charge in [0.1, 0.15) is 18.1 Å². The molecule has 0 atom stereocenters. The number of aromatic hydroxyl groups is 1. The summed E-state index contributed by atoms with van der Waals surface area (Å²) in [5.41, 5.74) is 0.622. The summed E-state index contributed by atoms with van der Waals surface area (Å²) in [5, 5.41) is 14.8. The van der Waals surface area contributed by atoms with E-state index in [-0.39, 0.29) is 23.9 Å². The van der Waals surface area contributed by atoms with Gasteiger partial charge in [-0.3, -0.25) is 10.1 Å². The molecule has 116 valence electrons. The van der Waals surface area contributed by atoms with Crippen molar-refractivity contribution in [2.75, 3.05) is 17.7 Å². The number of carbonyl (C=O) groups is 2. The Balaban J connectivity index is 1.99. The molecule has 1 aromatic carbocycles. The predicted octanol–water partition coefficient (Wildman–Crippen LogP) is 0.835. The van der Waals surface area contributed by atoms with Crippen LogP contribution < -0.4 is 15.2 Å². The van der Waals surface area contributed by atoms with Crippen molar-refractivity contribution in [2.45, 2.75) is 6.54 Å². The minimum atomic E-state index is -0.687. The summed E-state index contributed by atoms with van der Waals surface area (Å²) in [6.07, 6.45) is 4.69. The summed E-state index contributed by atoms with van der Waals surface area (Å²) >= 11 is 0. The number of carbonyl (C=O) groups excluding carboxylic acids is 2. The average molecular weight is 305 g/mol. The number of methoxy groups -OCH3 is 1. The monoisotopic (exact) mass is 305 g/mol. The van der Waals surface area contributed by atoms with Crippen LogP contribution in [0.5, 0.6) is 5.75 Å². The van der Waals surface area contributed by atoms with Gasteiger partial charge in [0, 0.05) is 11.8 Å². The van der Waals surface area contributed by atoms with Gasteiger partial charge >= 0.3 is 6.09 Å². The van der Waals surface area contributed by atoms with E-state index < -0.39 is 6.09 Å². The number of phenols is 1. The second-order valence-corrected chi connectivity index (χ2v) is 4.65. The molecule has 3 N–H and O–H groups in total. The predicted molar refractivity (Wildman–Crippen MR) is 78.4 cm³/mol. The first-order valence-electron chi connectivity index (χ1n) is 6.47. The molecule has 2 aromatic rings. The van der Waals surface area contributed by atoms with Crippen molar-refractivity contribution in [1.29, 1.82) is 0 Å². The normalized spacial score (nSPS) is 10.1. The molecule has 0 radical (unpaired) electrons. The van der Waals surface area contributed by atoms with Crippen LogP contribution in [0.25, 0.3) is 0 Å². The molecule has 2 rings (SSSR count). The van der Waals surface area contributed by atoms with Crippen LogP contribution in [0.15, 0.2) is 36.9 Å². The molecule has 0 saturated carbocycles. The number of nitrogens with one attached hydrogen (secondary N) is 2. The number of phenolic OH excluding ortho intramolecular Hbond substituents is 1. The zero-order valence-electron chi connectivity index (χ0n) is 12.2. The number of anilines is 2. The topological polar surface area (TPSA) is 96.5 Å². The van der Waals surface area contributed by atoms with Crippen molar-refractivity contribution in [2.24, 2.45) is 7.05 Å². The molecule has 1 heterocycles. The molecule has 0 unspecified atom stereocenters. The Bertz CT molecular complexity index is 696. The standard InChI is InChI=1S/C14H16N4O4/c1-17-5-6-18(9-17)8-13(20)15-10-3-4-11(12(19)7-10)16-14(21)22-2/h3-7,9H,8H2,1-2H3,(H2-,15,16,19,20,21)/p+1. The van der Waals surface area contributed by atoms with Crippen LogP contribution in [0.1, 0.15) is 0 Å². The number of nitrogens with zero attached hydrogens (tertiary/aromatic N) is 2. The minimum absolute atomic E-state index is 0.157. The van der Waals surface area contributed by atoms with Gasteiger partial charge in [0.15, 0.2) is 6.54 Å². The van der Waals surface area contributed by atoms with Crippen LogP contribution in [0.2, 0.25) is 0 Å². The number of amides is 2. The lowest BCUT2D eigenvalue weighted by Crippen LogP contribution is -2.25. The maximum absolute atomic E-state index is 11.9. The van der Waals surface area contributed by atoms with E-state index in [1.165, 1.54) is 19.2 Å². The fourth-order valence-electron chi connectivity index (χ4n) is 1.84. The number of aryl methyl sites for hydroxylation is 1. The SMILES string of the molecule is COC(=O)Nc1ccc(NC(=O)Cn2cc[n+](C)c2)cc1O. The maximum Gasteiger partial charge on any atom is 0.411 e. The number of benzene rings is 1. The number of hydrogen-bond acceptors (Lipinski definition) is 4. The molecule has 0 fully saturated rings. The van der Waals surface area contributed by atoms with Crippen molar-refractivity contribution in [3.8, 4) is 5.75 Å². The highest BCUT2D eigenvalue weighted by atomic mass is 16.5. The third-order valence-electron chi connectivity index (χ3n) is 2.85. The quantitative estimate of drug-likeness (QED) is 0.576. The first-order chi connectivity index (χ1) is 10.5. The fourth-order valence-corrected chi connectivity index (χ4v) is 1.84. The summed E-state index contributed by atoms with van der Waals surface area (Å²) in [7, 11) is 3.09. The molecule has 0 saturated heterocycles. The average Bonchev–Trinajstić information content (AvgIpc) is 2.86. The van der Waals surface area contributed by atoms with E-state index in [0.29, 0.717) is 5.69 Å². The Kier molecular flexibility index (Phi) is 4.62. The smallest absolute Gasteiger partial charge is 0.411 e. The summed E-state index contributed by atoms with van der Waals surface area (Å²) < 4.78 is 7.99. The number of imidazole rings is 1. The van der Waals surface area contributed by atoms with Crippen LogP contribution in [0.3, 0.4) is 0 Å². The molecule has 2 amide bonds. The maximum atomic E-state index is 11.9. The van der Waals surface area contributed by atoms with Crippen LogP contribution in [-0.4, -0.2) is 28.8 Å². The Morgan fingerprint density at radius 2 is 2.14 bits per heavy atom. The van der Waals surface area contributed by atoms with Gasteiger partial charge in [-0.2, -0.15) is 0 Å². The number of ether oxygens (including phenoxy) is 1. The van der Waals surface area contributed by atoms with Gasteiger partial charge < -0.3 is 15.2 Å². The van der Waals surface area contributed by atoms with E-state index in [1.54, 1.807) is 23.2 Å².